The van der Waals surface area contributed by atoms with Gasteiger partial charge in [0.25, 0.3) is 0 Å². The molecule has 7 heteroatoms. The number of nitrogens with one attached hydrogen (secondary N) is 1. The van der Waals surface area contributed by atoms with Crippen LogP contribution in [-0.4, -0.2) is 40.0 Å². The van der Waals surface area contributed by atoms with Gasteiger partial charge in [0.15, 0.2) is 0 Å². The van der Waals surface area contributed by atoms with Gasteiger partial charge in [-0.05, 0) is 45.0 Å². The maximum Gasteiger partial charge on any atom is 0.329 e. The number of hydrogen-bond acceptors (Lipinski definition) is 3. The van der Waals surface area contributed by atoms with Crippen LogP contribution >= 0.6 is 0 Å². The third kappa shape index (κ3) is 3.71. The van der Waals surface area contributed by atoms with E-state index in [4.69, 9.17) is 5.73 Å². The van der Waals surface area contributed by atoms with Gasteiger partial charge in [-0.2, -0.15) is 0 Å². The van der Waals surface area contributed by atoms with Crippen LogP contribution in [0.15, 0.2) is 24.3 Å². The quantitative estimate of drug-likeness (QED) is 0.763. The summed E-state index contributed by atoms with van der Waals surface area (Å²) in [6.07, 6.45) is 0. The van der Waals surface area contributed by atoms with Crippen molar-refractivity contribution in [2.24, 2.45) is 5.73 Å². The van der Waals surface area contributed by atoms with Crippen LogP contribution in [0.2, 0.25) is 0 Å². The molecular weight excluding hydrogens is 274 g/mol. The molecule has 1 aromatic rings. The Bertz CT molecular complexity index is 552. The lowest BCUT2D eigenvalue weighted by Crippen LogP contribution is -2.54. The summed E-state index contributed by atoms with van der Waals surface area (Å²) in [5.74, 6) is -1.65. The van der Waals surface area contributed by atoms with E-state index in [1.165, 1.54) is 43.0 Å². The Morgan fingerprint density at radius 3 is 2.14 bits per heavy atom. The predicted molar refractivity (Wildman–Crippen MR) is 78.1 cm³/mol. The first-order valence-corrected chi connectivity index (χ1v) is 6.42. The molecule has 0 radical (unpaired) electrons. The number of primary amides is 1. The summed E-state index contributed by atoms with van der Waals surface area (Å²) >= 11 is 0. The average Bonchev–Trinajstić information content (AvgIpc) is 2.39. The number of aliphatic carboxylic acids is 1. The molecule has 0 unspecified atom stereocenters. The lowest BCUT2D eigenvalue weighted by molar-refractivity contribution is -0.147. The molecule has 1 rings (SSSR count). The molecule has 3 amide bonds. The third-order valence-corrected chi connectivity index (χ3v) is 3.18. The van der Waals surface area contributed by atoms with Crippen LogP contribution in [-0.2, 0) is 4.79 Å². The number of rotatable bonds is 5. The molecule has 0 aliphatic rings. The Kier molecular flexibility index (Phi) is 4.91. The van der Waals surface area contributed by atoms with E-state index < -0.39 is 23.4 Å². The lowest BCUT2D eigenvalue weighted by atomic mass is 10.0. The zero-order valence-electron chi connectivity index (χ0n) is 12.2. The number of carboxylic acid groups (broad SMARTS) is 1. The van der Waals surface area contributed by atoms with Crippen molar-refractivity contribution >= 4 is 23.6 Å². The van der Waals surface area contributed by atoms with Crippen molar-refractivity contribution in [2.75, 3.05) is 11.9 Å². The van der Waals surface area contributed by atoms with E-state index in [1.807, 2.05) is 0 Å². The van der Waals surface area contributed by atoms with E-state index in [1.54, 1.807) is 6.92 Å². The maximum atomic E-state index is 12.2. The molecule has 0 saturated heterocycles. The summed E-state index contributed by atoms with van der Waals surface area (Å²) in [5, 5.41) is 11.8. The minimum absolute atomic E-state index is 0.241. The molecule has 0 fully saturated rings. The molecule has 0 saturated carbocycles. The Morgan fingerprint density at radius 2 is 1.76 bits per heavy atom. The molecule has 0 atom stereocenters. The van der Waals surface area contributed by atoms with Crippen LogP contribution in [0.5, 0.6) is 0 Å². The monoisotopic (exact) mass is 293 g/mol. The fraction of sp³-hybridized carbons (Fsp3) is 0.357. The Hall–Kier alpha value is -2.57. The van der Waals surface area contributed by atoms with Gasteiger partial charge < -0.3 is 21.1 Å². The van der Waals surface area contributed by atoms with Gasteiger partial charge in [-0.15, -0.1) is 0 Å². The second-order valence-electron chi connectivity index (χ2n) is 4.98. The SMILES string of the molecule is CCN(C(=O)Nc1ccc(C(N)=O)cc1)C(C)(C)C(=O)O. The van der Waals surface area contributed by atoms with Crippen molar-refractivity contribution in [2.45, 2.75) is 26.3 Å². The molecule has 21 heavy (non-hydrogen) atoms. The summed E-state index contributed by atoms with van der Waals surface area (Å²) in [5.41, 5.74) is 4.57. The smallest absolute Gasteiger partial charge is 0.329 e. The van der Waals surface area contributed by atoms with Crippen molar-refractivity contribution in [1.82, 2.24) is 4.90 Å². The summed E-state index contributed by atoms with van der Waals surface area (Å²) in [6, 6.07) is 5.49. The molecule has 114 valence electrons. The highest BCUT2D eigenvalue weighted by Crippen LogP contribution is 2.17. The molecule has 0 aromatic heterocycles. The normalized spacial score (nSPS) is 10.8. The van der Waals surface area contributed by atoms with Crippen LogP contribution in [0.4, 0.5) is 10.5 Å². The number of carboxylic acids is 1. The maximum absolute atomic E-state index is 12.2. The van der Waals surface area contributed by atoms with Crippen LogP contribution in [0.3, 0.4) is 0 Å². The Morgan fingerprint density at radius 1 is 1.24 bits per heavy atom. The Labute approximate surface area is 122 Å². The van der Waals surface area contributed by atoms with Gasteiger partial charge >= 0.3 is 12.0 Å². The first-order valence-electron chi connectivity index (χ1n) is 6.42. The van der Waals surface area contributed by atoms with Crippen molar-refractivity contribution < 1.29 is 19.5 Å². The van der Waals surface area contributed by atoms with Crippen LogP contribution in [0.1, 0.15) is 31.1 Å². The highest BCUT2D eigenvalue weighted by Gasteiger charge is 2.36. The second-order valence-corrected chi connectivity index (χ2v) is 4.98. The number of likely N-dealkylation sites (N-methyl/N-ethyl adjacent to an activating group) is 1. The topological polar surface area (TPSA) is 113 Å². The number of urea groups is 1. The van der Waals surface area contributed by atoms with Gasteiger partial charge in [0.05, 0.1) is 0 Å². The van der Waals surface area contributed by atoms with Crippen molar-refractivity contribution in [3.8, 4) is 0 Å². The fourth-order valence-electron chi connectivity index (χ4n) is 1.82. The zero-order chi connectivity index (χ0) is 16.2. The number of nitrogens with two attached hydrogens (primary N) is 1. The minimum Gasteiger partial charge on any atom is -0.480 e. The summed E-state index contributed by atoms with van der Waals surface area (Å²) in [7, 11) is 0. The molecule has 0 heterocycles. The van der Waals surface area contributed by atoms with Gasteiger partial charge in [0, 0.05) is 17.8 Å². The van der Waals surface area contributed by atoms with Gasteiger partial charge in [-0.25, -0.2) is 9.59 Å². The molecule has 0 aliphatic carbocycles. The van der Waals surface area contributed by atoms with Gasteiger partial charge in [-0.3, -0.25) is 4.79 Å². The van der Waals surface area contributed by atoms with Crippen molar-refractivity contribution in [3.63, 3.8) is 0 Å². The molecule has 7 nitrogen and oxygen atoms in total. The number of hydrogen-bond donors (Lipinski definition) is 3. The highest BCUT2D eigenvalue weighted by atomic mass is 16.4. The summed E-state index contributed by atoms with van der Waals surface area (Å²) < 4.78 is 0. The predicted octanol–water partition coefficient (Wildman–Crippen LogP) is 1.50. The largest absolute Gasteiger partial charge is 0.480 e. The fourth-order valence-corrected chi connectivity index (χ4v) is 1.82. The highest BCUT2D eigenvalue weighted by molar-refractivity contribution is 5.95. The lowest BCUT2D eigenvalue weighted by Gasteiger charge is -2.34. The van der Waals surface area contributed by atoms with Gasteiger partial charge in [0.1, 0.15) is 5.54 Å². The molecule has 0 aliphatic heterocycles. The van der Waals surface area contributed by atoms with E-state index in [-0.39, 0.29) is 6.54 Å². The number of carbonyl (C=O) groups is 3. The van der Waals surface area contributed by atoms with Gasteiger partial charge in [0.2, 0.25) is 5.91 Å². The van der Waals surface area contributed by atoms with Crippen molar-refractivity contribution in [1.29, 1.82) is 0 Å². The first kappa shape index (κ1) is 16.5. The van der Waals surface area contributed by atoms with E-state index in [9.17, 15) is 19.5 Å². The number of carbonyl (C=O) groups excluding carboxylic acids is 2. The number of benzene rings is 1. The summed E-state index contributed by atoms with van der Waals surface area (Å²) in [4.78, 5) is 35.6. The molecule has 4 N–H and O–H groups in total. The van der Waals surface area contributed by atoms with E-state index in [0.717, 1.165) is 0 Å². The standard InChI is InChI=1S/C14H19N3O4/c1-4-17(14(2,3)12(19)20)13(21)16-10-7-5-9(6-8-10)11(15)18/h5-8H,4H2,1-3H3,(H2,15,18)(H,16,21)(H,19,20). The van der Waals surface area contributed by atoms with E-state index >= 15 is 0 Å². The molecular formula is C14H19N3O4. The third-order valence-electron chi connectivity index (χ3n) is 3.18. The number of amides is 3. The first-order chi connectivity index (χ1) is 9.70. The molecule has 0 spiro atoms. The van der Waals surface area contributed by atoms with Crippen LogP contribution in [0, 0.1) is 0 Å². The molecule has 0 bridgehead atoms. The van der Waals surface area contributed by atoms with Crippen LogP contribution < -0.4 is 11.1 Å². The molecule has 1 aromatic carbocycles. The second kappa shape index (κ2) is 6.25. The van der Waals surface area contributed by atoms with E-state index in [2.05, 4.69) is 5.32 Å². The number of nitrogens with zero attached hydrogens (tertiary/aromatic N) is 1. The number of anilines is 1. The Balaban J connectivity index is 2.88. The zero-order valence-corrected chi connectivity index (χ0v) is 12.2. The van der Waals surface area contributed by atoms with Crippen LogP contribution in [0.25, 0.3) is 0 Å². The summed E-state index contributed by atoms with van der Waals surface area (Å²) in [6.45, 7) is 4.84. The van der Waals surface area contributed by atoms with Crippen molar-refractivity contribution in [3.05, 3.63) is 29.8 Å². The van der Waals surface area contributed by atoms with Gasteiger partial charge in [-0.1, -0.05) is 0 Å². The van der Waals surface area contributed by atoms with E-state index in [0.29, 0.717) is 11.3 Å². The average molecular weight is 293 g/mol. The minimum atomic E-state index is -1.33.